The first kappa shape index (κ1) is 12.7. The molecule has 1 heterocycles. The topological polar surface area (TPSA) is 33.3 Å². The fourth-order valence-corrected chi connectivity index (χ4v) is 2.86. The van der Waals surface area contributed by atoms with E-state index in [0.29, 0.717) is 0 Å². The van der Waals surface area contributed by atoms with Crippen LogP contribution >= 0.6 is 11.8 Å². The van der Waals surface area contributed by atoms with Crippen molar-refractivity contribution < 1.29 is 4.74 Å². The molecule has 0 spiro atoms. The van der Waals surface area contributed by atoms with E-state index in [9.17, 15) is 0 Å². The zero-order chi connectivity index (χ0) is 11.9. The molecule has 0 bridgehead atoms. The maximum atomic E-state index is 5.59. The number of benzene rings is 1. The van der Waals surface area contributed by atoms with E-state index in [1.807, 2.05) is 18.8 Å². The minimum absolute atomic E-state index is 0.720. The van der Waals surface area contributed by atoms with Gasteiger partial charge in [0.15, 0.2) is 0 Å². The average Bonchev–Trinajstić information content (AvgIpc) is 2.85. The molecule has 0 saturated carbocycles. The maximum Gasteiger partial charge on any atom is 0.119 e. The SMILES string of the molecule is CNCCOc1ccc(CC2CNCS2)cc1. The van der Waals surface area contributed by atoms with Crippen LogP contribution in [0.2, 0.25) is 0 Å². The molecule has 0 aromatic heterocycles. The molecule has 2 rings (SSSR count). The van der Waals surface area contributed by atoms with Crippen LogP contribution in [0.25, 0.3) is 0 Å². The Morgan fingerprint density at radius 1 is 1.41 bits per heavy atom. The van der Waals surface area contributed by atoms with Crippen molar-refractivity contribution in [3.8, 4) is 5.75 Å². The van der Waals surface area contributed by atoms with Crippen LogP contribution in [0.3, 0.4) is 0 Å². The summed E-state index contributed by atoms with van der Waals surface area (Å²) in [4.78, 5) is 0. The van der Waals surface area contributed by atoms with E-state index >= 15 is 0 Å². The van der Waals surface area contributed by atoms with Gasteiger partial charge in [0.2, 0.25) is 0 Å². The number of likely N-dealkylation sites (N-methyl/N-ethyl adjacent to an activating group) is 1. The highest BCUT2D eigenvalue weighted by atomic mass is 32.2. The first-order valence-corrected chi connectivity index (χ1v) is 7.12. The van der Waals surface area contributed by atoms with Gasteiger partial charge in [-0.2, -0.15) is 0 Å². The molecule has 4 heteroatoms. The summed E-state index contributed by atoms with van der Waals surface area (Å²) in [5, 5.41) is 7.16. The van der Waals surface area contributed by atoms with Crippen LogP contribution < -0.4 is 15.4 Å². The molecule has 1 aromatic rings. The van der Waals surface area contributed by atoms with Crippen molar-refractivity contribution in [2.75, 3.05) is 32.6 Å². The van der Waals surface area contributed by atoms with Crippen molar-refractivity contribution in [2.24, 2.45) is 0 Å². The van der Waals surface area contributed by atoms with Gasteiger partial charge in [-0.1, -0.05) is 12.1 Å². The van der Waals surface area contributed by atoms with Crippen LogP contribution in [0, 0.1) is 0 Å². The molecule has 0 radical (unpaired) electrons. The Morgan fingerprint density at radius 2 is 2.24 bits per heavy atom. The first-order chi connectivity index (χ1) is 8.38. The second-order valence-electron chi connectivity index (χ2n) is 4.19. The normalized spacial score (nSPS) is 19.5. The van der Waals surface area contributed by atoms with Crippen LogP contribution in [0.15, 0.2) is 24.3 Å². The van der Waals surface area contributed by atoms with E-state index in [-0.39, 0.29) is 0 Å². The number of thioether (sulfide) groups is 1. The van der Waals surface area contributed by atoms with Gasteiger partial charge in [-0.25, -0.2) is 0 Å². The van der Waals surface area contributed by atoms with Crippen LogP contribution in [0.1, 0.15) is 5.56 Å². The monoisotopic (exact) mass is 252 g/mol. The Kier molecular flexibility index (Phi) is 5.16. The quantitative estimate of drug-likeness (QED) is 0.752. The van der Waals surface area contributed by atoms with Crippen molar-refractivity contribution in [3.05, 3.63) is 29.8 Å². The minimum atomic E-state index is 0.720. The summed E-state index contributed by atoms with van der Waals surface area (Å²) in [5.41, 5.74) is 1.40. The number of rotatable bonds is 6. The average molecular weight is 252 g/mol. The number of ether oxygens (including phenoxy) is 1. The van der Waals surface area contributed by atoms with Gasteiger partial charge in [-0.3, -0.25) is 0 Å². The lowest BCUT2D eigenvalue weighted by molar-refractivity contribution is 0.318. The lowest BCUT2D eigenvalue weighted by Crippen LogP contribution is -2.16. The molecule has 1 saturated heterocycles. The molecular formula is C13H20N2OS. The summed E-state index contributed by atoms with van der Waals surface area (Å²) >= 11 is 2.01. The molecule has 0 aliphatic carbocycles. The molecule has 94 valence electrons. The summed E-state index contributed by atoms with van der Waals surface area (Å²) in [6.07, 6.45) is 1.15. The third-order valence-electron chi connectivity index (χ3n) is 2.80. The van der Waals surface area contributed by atoms with Crippen LogP contribution in [-0.4, -0.2) is 37.9 Å². The van der Waals surface area contributed by atoms with Gasteiger partial charge in [0.05, 0.1) is 0 Å². The highest BCUT2D eigenvalue weighted by Crippen LogP contribution is 2.21. The van der Waals surface area contributed by atoms with E-state index in [1.165, 1.54) is 5.56 Å². The summed E-state index contributed by atoms with van der Waals surface area (Å²) in [7, 11) is 1.93. The molecule has 1 atom stereocenters. The zero-order valence-corrected chi connectivity index (χ0v) is 11.1. The zero-order valence-electron chi connectivity index (χ0n) is 10.2. The molecule has 1 aliphatic heterocycles. The predicted molar refractivity (Wildman–Crippen MR) is 73.8 cm³/mol. The number of hydrogen-bond donors (Lipinski definition) is 2. The van der Waals surface area contributed by atoms with E-state index in [2.05, 4.69) is 34.9 Å². The van der Waals surface area contributed by atoms with Crippen molar-refractivity contribution in [1.82, 2.24) is 10.6 Å². The van der Waals surface area contributed by atoms with Gasteiger partial charge >= 0.3 is 0 Å². The van der Waals surface area contributed by atoms with E-state index < -0.39 is 0 Å². The van der Waals surface area contributed by atoms with Crippen molar-refractivity contribution >= 4 is 11.8 Å². The lowest BCUT2D eigenvalue weighted by Gasteiger charge is -2.09. The summed E-state index contributed by atoms with van der Waals surface area (Å²) < 4.78 is 5.59. The highest BCUT2D eigenvalue weighted by Gasteiger charge is 2.15. The fourth-order valence-electron chi connectivity index (χ4n) is 1.84. The van der Waals surface area contributed by atoms with Crippen molar-refractivity contribution in [1.29, 1.82) is 0 Å². The largest absolute Gasteiger partial charge is 0.492 e. The van der Waals surface area contributed by atoms with Crippen LogP contribution in [-0.2, 0) is 6.42 Å². The highest BCUT2D eigenvalue weighted by molar-refractivity contribution is 8.00. The Hall–Kier alpha value is -0.710. The molecule has 17 heavy (non-hydrogen) atoms. The minimum Gasteiger partial charge on any atom is -0.492 e. The fraction of sp³-hybridized carbons (Fsp3) is 0.538. The van der Waals surface area contributed by atoms with Gasteiger partial charge in [-0.05, 0) is 31.2 Å². The lowest BCUT2D eigenvalue weighted by atomic mass is 10.1. The van der Waals surface area contributed by atoms with E-state index in [0.717, 1.165) is 43.0 Å². The molecular weight excluding hydrogens is 232 g/mol. The Labute approximate surface area is 107 Å². The van der Waals surface area contributed by atoms with Crippen molar-refractivity contribution in [2.45, 2.75) is 11.7 Å². The van der Waals surface area contributed by atoms with Gasteiger partial charge < -0.3 is 15.4 Å². The number of nitrogens with one attached hydrogen (secondary N) is 2. The summed E-state index contributed by atoms with van der Waals surface area (Å²) in [5.74, 6) is 2.05. The Balaban J connectivity index is 1.80. The van der Waals surface area contributed by atoms with Gasteiger partial charge in [-0.15, -0.1) is 11.8 Å². The molecule has 1 aromatic carbocycles. The smallest absolute Gasteiger partial charge is 0.119 e. The van der Waals surface area contributed by atoms with Gasteiger partial charge in [0, 0.05) is 24.2 Å². The van der Waals surface area contributed by atoms with Crippen LogP contribution in [0.5, 0.6) is 5.75 Å². The first-order valence-electron chi connectivity index (χ1n) is 6.07. The molecule has 1 fully saturated rings. The van der Waals surface area contributed by atoms with E-state index in [4.69, 9.17) is 4.74 Å². The van der Waals surface area contributed by atoms with Crippen LogP contribution in [0.4, 0.5) is 0 Å². The summed E-state index contributed by atoms with van der Waals surface area (Å²) in [6, 6.07) is 8.48. The van der Waals surface area contributed by atoms with E-state index in [1.54, 1.807) is 0 Å². The van der Waals surface area contributed by atoms with Gasteiger partial charge in [0.1, 0.15) is 12.4 Å². The summed E-state index contributed by atoms with van der Waals surface area (Å²) in [6.45, 7) is 2.73. The van der Waals surface area contributed by atoms with Gasteiger partial charge in [0.25, 0.3) is 0 Å². The maximum absolute atomic E-state index is 5.59. The Morgan fingerprint density at radius 3 is 2.88 bits per heavy atom. The third-order valence-corrected chi connectivity index (χ3v) is 3.98. The molecule has 2 N–H and O–H groups in total. The second-order valence-corrected chi connectivity index (χ2v) is 5.48. The molecule has 3 nitrogen and oxygen atoms in total. The standard InChI is InChI=1S/C13H20N2OS/c1-14-6-7-16-12-4-2-11(3-5-12)8-13-9-15-10-17-13/h2-5,13-15H,6-10H2,1H3. The number of hydrogen-bond acceptors (Lipinski definition) is 4. The molecule has 0 amide bonds. The molecule has 1 unspecified atom stereocenters. The second kappa shape index (κ2) is 6.89. The molecule has 1 aliphatic rings. The third kappa shape index (κ3) is 4.22. The van der Waals surface area contributed by atoms with Crippen molar-refractivity contribution in [3.63, 3.8) is 0 Å². The Bertz CT molecular complexity index is 323. The predicted octanol–water partition coefficient (Wildman–Crippen LogP) is 1.49.